The zero-order valence-electron chi connectivity index (χ0n) is 19.8. The van der Waals surface area contributed by atoms with Crippen LogP contribution in [-0.4, -0.2) is 47.3 Å². The van der Waals surface area contributed by atoms with Crippen molar-refractivity contribution in [1.82, 2.24) is 9.80 Å². The molecular formula is C27H28ClN3O4. The second kappa shape index (κ2) is 10.8. The van der Waals surface area contributed by atoms with E-state index in [1.54, 1.807) is 35.4 Å². The molecular weight excluding hydrogens is 466 g/mol. The third-order valence-corrected chi connectivity index (χ3v) is 6.70. The Balaban J connectivity index is 1.53. The van der Waals surface area contributed by atoms with Crippen LogP contribution in [0.5, 0.6) is 0 Å². The van der Waals surface area contributed by atoms with Crippen molar-refractivity contribution in [3.63, 3.8) is 0 Å². The molecule has 3 aromatic rings. The van der Waals surface area contributed by atoms with Crippen molar-refractivity contribution >= 4 is 35.0 Å². The summed E-state index contributed by atoms with van der Waals surface area (Å²) >= 11 is 6.23. The first kappa shape index (κ1) is 24.5. The lowest BCUT2D eigenvalue weighted by Gasteiger charge is -2.28. The zero-order chi connectivity index (χ0) is 24.9. The highest BCUT2D eigenvalue weighted by Crippen LogP contribution is 2.29. The summed E-state index contributed by atoms with van der Waals surface area (Å²) in [6.45, 7) is 3.86. The number of hydrogen-bond acceptors (Lipinski definition) is 4. The molecule has 2 heterocycles. The van der Waals surface area contributed by atoms with Gasteiger partial charge in [-0.05, 0) is 48.7 Å². The Morgan fingerprint density at radius 3 is 2.54 bits per heavy atom. The van der Waals surface area contributed by atoms with E-state index in [1.807, 2.05) is 50.2 Å². The van der Waals surface area contributed by atoms with E-state index in [0.29, 0.717) is 22.9 Å². The summed E-state index contributed by atoms with van der Waals surface area (Å²) in [5.74, 6) is -0.448. The molecule has 1 unspecified atom stereocenters. The monoisotopic (exact) mass is 493 g/mol. The minimum Gasteiger partial charge on any atom is -0.467 e. The lowest BCUT2D eigenvalue weighted by molar-refractivity contribution is -0.142. The Morgan fingerprint density at radius 2 is 1.86 bits per heavy atom. The van der Waals surface area contributed by atoms with Gasteiger partial charge in [0, 0.05) is 10.7 Å². The third kappa shape index (κ3) is 5.41. The van der Waals surface area contributed by atoms with Crippen LogP contribution >= 0.6 is 11.6 Å². The number of hydrogen-bond donors (Lipinski definition) is 0. The molecule has 1 aromatic heterocycles. The van der Waals surface area contributed by atoms with Crippen LogP contribution < -0.4 is 4.90 Å². The molecule has 0 radical (unpaired) electrons. The van der Waals surface area contributed by atoms with Crippen molar-refractivity contribution in [3.05, 3.63) is 88.8 Å². The Morgan fingerprint density at radius 1 is 1.09 bits per heavy atom. The second-order valence-corrected chi connectivity index (χ2v) is 8.99. The average Bonchev–Trinajstić information content (AvgIpc) is 3.51. The molecule has 1 saturated heterocycles. The van der Waals surface area contributed by atoms with Crippen molar-refractivity contribution < 1.29 is 18.8 Å². The number of carbonyl (C=O) groups excluding carboxylic acids is 3. The maximum atomic E-state index is 13.6. The smallest absolute Gasteiger partial charge is 0.248 e. The van der Waals surface area contributed by atoms with Gasteiger partial charge in [-0.25, -0.2) is 0 Å². The number of amides is 3. The van der Waals surface area contributed by atoms with Gasteiger partial charge in [-0.15, -0.1) is 0 Å². The van der Waals surface area contributed by atoms with Gasteiger partial charge in [0.15, 0.2) is 0 Å². The van der Waals surface area contributed by atoms with Gasteiger partial charge in [-0.1, -0.05) is 54.9 Å². The molecule has 35 heavy (non-hydrogen) atoms. The Kier molecular flexibility index (Phi) is 7.56. The van der Waals surface area contributed by atoms with Gasteiger partial charge in [-0.2, -0.15) is 0 Å². The number of anilines is 1. The number of furan rings is 1. The minimum absolute atomic E-state index is 0.0521. The maximum absolute atomic E-state index is 13.6. The van der Waals surface area contributed by atoms with Crippen molar-refractivity contribution in [3.8, 4) is 0 Å². The SMILES string of the molecule is CCC(C(=O)N(CC(=O)N1CC(=O)N(c2cccc(Cl)c2C)C1)Cc1ccco1)c1ccccc1. The van der Waals surface area contributed by atoms with E-state index >= 15 is 0 Å². The van der Waals surface area contributed by atoms with E-state index in [0.717, 1.165) is 11.1 Å². The van der Waals surface area contributed by atoms with Crippen LogP contribution in [0.2, 0.25) is 5.02 Å². The van der Waals surface area contributed by atoms with E-state index in [1.165, 1.54) is 9.80 Å². The van der Waals surface area contributed by atoms with Gasteiger partial charge in [0.05, 0.1) is 18.7 Å². The summed E-state index contributed by atoms with van der Waals surface area (Å²) in [6, 6.07) is 18.4. The molecule has 0 aliphatic carbocycles. The molecule has 1 aliphatic heterocycles. The largest absolute Gasteiger partial charge is 0.467 e. The lowest BCUT2D eigenvalue weighted by atomic mass is 9.95. The van der Waals surface area contributed by atoms with Gasteiger partial charge in [0.2, 0.25) is 17.7 Å². The fourth-order valence-electron chi connectivity index (χ4n) is 4.34. The van der Waals surface area contributed by atoms with E-state index in [2.05, 4.69) is 0 Å². The Labute approximate surface area is 209 Å². The lowest BCUT2D eigenvalue weighted by Crippen LogP contribution is -2.44. The highest BCUT2D eigenvalue weighted by molar-refractivity contribution is 6.31. The molecule has 3 amide bonds. The molecule has 8 heteroatoms. The summed E-state index contributed by atoms with van der Waals surface area (Å²) in [6.07, 6.45) is 2.13. The minimum atomic E-state index is -0.384. The molecule has 7 nitrogen and oxygen atoms in total. The molecule has 1 atom stereocenters. The van der Waals surface area contributed by atoms with Gasteiger partial charge in [-0.3, -0.25) is 19.3 Å². The summed E-state index contributed by atoms with van der Waals surface area (Å²) in [4.78, 5) is 44.2. The van der Waals surface area contributed by atoms with Gasteiger partial charge < -0.3 is 14.2 Å². The molecule has 0 saturated carbocycles. The normalized spacial score (nSPS) is 14.3. The van der Waals surface area contributed by atoms with Crippen molar-refractivity contribution in [1.29, 1.82) is 0 Å². The van der Waals surface area contributed by atoms with Crippen molar-refractivity contribution in [2.24, 2.45) is 0 Å². The standard InChI is InChI=1S/C27H28ClN3O4/c1-3-22(20-9-5-4-6-10-20)27(34)29(15-21-11-8-14-35-21)16-25(32)30-17-26(33)31(18-30)24-13-7-12-23(28)19(24)2/h4-14,22H,3,15-18H2,1-2H3. The summed E-state index contributed by atoms with van der Waals surface area (Å²) in [7, 11) is 0. The second-order valence-electron chi connectivity index (χ2n) is 8.58. The highest BCUT2D eigenvalue weighted by atomic mass is 35.5. The third-order valence-electron chi connectivity index (χ3n) is 6.29. The Bertz CT molecular complexity index is 1200. The molecule has 0 spiro atoms. The number of benzene rings is 2. The first-order valence-electron chi connectivity index (χ1n) is 11.6. The molecule has 4 rings (SSSR count). The van der Waals surface area contributed by atoms with Gasteiger partial charge >= 0.3 is 0 Å². The number of halogens is 1. The number of carbonyl (C=O) groups is 3. The van der Waals surface area contributed by atoms with Crippen LogP contribution in [0.1, 0.15) is 36.1 Å². The van der Waals surface area contributed by atoms with E-state index in [9.17, 15) is 14.4 Å². The molecule has 1 aliphatic rings. The quantitative estimate of drug-likeness (QED) is 0.460. The first-order chi connectivity index (χ1) is 16.9. The summed E-state index contributed by atoms with van der Waals surface area (Å²) in [5.41, 5.74) is 2.35. The fraction of sp³-hybridized carbons (Fsp3) is 0.296. The van der Waals surface area contributed by atoms with Crippen LogP contribution in [0, 0.1) is 6.92 Å². The van der Waals surface area contributed by atoms with Crippen molar-refractivity contribution in [2.75, 3.05) is 24.7 Å². The molecule has 0 N–H and O–H groups in total. The van der Waals surface area contributed by atoms with Crippen molar-refractivity contribution in [2.45, 2.75) is 32.7 Å². The zero-order valence-corrected chi connectivity index (χ0v) is 20.6. The van der Waals surface area contributed by atoms with Crippen LogP contribution in [0.25, 0.3) is 0 Å². The average molecular weight is 494 g/mol. The van der Waals surface area contributed by atoms with Crippen LogP contribution in [0.15, 0.2) is 71.3 Å². The topological polar surface area (TPSA) is 74.1 Å². The van der Waals surface area contributed by atoms with E-state index in [-0.39, 0.29) is 49.9 Å². The predicted molar refractivity (Wildman–Crippen MR) is 134 cm³/mol. The fourth-order valence-corrected chi connectivity index (χ4v) is 4.51. The molecule has 0 bridgehead atoms. The Hall–Kier alpha value is -3.58. The summed E-state index contributed by atoms with van der Waals surface area (Å²) < 4.78 is 5.46. The number of nitrogens with zero attached hydrogens (tertiary/aromatic N) is 3. The highest BCUT2D eigenvalue weighted by Gasteiger charge is 2.35. The maximum Gasteiger partial charge on any atom is 0.248 e. The van der Waals surface area contributed by atoms with Crippen LogP contribution in [-0.2, 0) is 20.9 Å². The van der Waals surface area contributed by atoms with E-state index in [4.69, 9.17) is 16.0 Å². The number of rotatable bonds is 8. The van der Waals surface area contributed by atoms with E-state index < -0.39 is 0 Å². The molecule has 1 fully saturated rings. The van der Waals surface area contributed by atoms with Gasteiger partial charge in [0.25, 0.3) is 0 Å². The van der Waals surface area contributed by atoms with Gasteiger partial charge in [0.1, 0.15) is 25.5 Å². The predicted octanol–water partition coefficient (Wildman–Crippen LogP) is 4.60. The molecule has 182 valence electrons. The first-order valence-corrected chi connectivity index (χ1v) is 12.0. The molecule has 2 aromatic carbocycles. The van der Waals surface area contributed by atoms with Crippen LogP contribution in [0.4, 0.5) is 5.69 Å². The van der Waals surface area contributed by atoms with Crippen LogP contribution in [0.3, 0.4) is 0 Å². The summed E-state index contributed by atoms with van der Waals surface area (Å²) in [5, 5.41) is 0.557.